The number of hydrogen-bond donors (Lipinski definition) is 2. The lowest BCUT2D eigenvalue weighted by Gasteiger charge is -2.36. The SMILES string of the molecule is COC(=O)C1=C(C(=O)OC)N(c2cc(C(=O)O)cc(Br)c2OC(F)(F)F)C(N)=C(C#N)C1c1ccccc1. The Hall–Kier alpha value is -4.51. The van der Waals surface area contributed by atoms with Crippen molar-refractivity contribution in [2.24, 2.45) is 5.73 Å². The number of ether oxygens (including phenoxy) is 3. The highest BCUT2D eigenvalue weighted by atomic mass is 79.9. The van der Waals surface area contributed by atoms with Crippen LogP contribution in [-0.2, 0) is 19.1 Å². The van der Waals surface area contributed by atoms with Crippen LogP contribution in [0.25, 0.3) is 0 Å². The third kappa shape index (κ3) is 5.28. The van der Waals surface area contributed by atoms with Gasteiger partial charge in [-0.15, -0.1) is 13.2 Å². The van der Waals surface area contributed by atoms with Gasteiger partial charge in [0.1, 0.15) is 11.5 Å². The van der Waals surface area contributed by atoms with Crippen molar-refractivity contribution >= 4 is 39.5 Å². The third-order valence-corrected chi connectivity index (χ3v) is 5.93. The van der Waals surface area contributed by atoms with Crippen molar-refractivity contribution in [1.29, 1.82) is 5.26 Å². The smallest absolute Gasteiger partial charge is 0.478 e. The Morgan fingerprint density at radius 1 is 1.11 bits per heavy atom. The maximum Gasteiger partial charge on any atom is 0.573 e. The van der Waals surface area contributed by atoms with Gasteiger partial charge in [0.25, 0.3) is 0 Å². The van der Waals surface area contributed by atoms with Gasteiger partial charge in [-0.1, -0.05) is 30.3 Å². The molecule has 0 aliphatic carbocycles. The second-order valence-corrected chi connectivity index (χ2v) is 8.35. The van der Waals surface area contributed by atoms with E-state index in [-0.39, 0.29) is 5.57 Å². The fraction of sp³-hybridized carbons (Fsp3) is 0.167. The van der Waals surface area contributed by atoms with Crippen LogP contribution in [-0.4, -0.2) is 43.6 Å². The molecule has 0 aromatic heterocycles. The van der Waals surface area contributed by atoms with Gasteiger partial charge >= 0.3 is 24.3 Å². The Morgan fingerprint density at radius 2 is 1.71 bits per heavy atom. The standard InChI is InChI=1S/C24H17BrF3N3O7/c1-36-22(34)17-16(11-6-4-3-5-7-11)13(10-29)20(30)31(18(17)23(35)37-2)15-9-12(21(32)33)8-14(25)19(15)38-24(26,27)28/h3-9,16H,30H2,1-2H3,(H,32,33). The molecule has 3 N–H and O–H groups in total. The van der Waals surface area contributed by atoms with E-state index in [4.69, 9.17) is 15.2 Å². The number of carbonyl (C=O) groups excluding carboxylic acids is 2. The number of carboxylic acid groups (broad SMARTS) is 1. The van der Waals surface area contributed by atoms with Crippen LogP contribution in [0.2, 0.25) is 0 Å². The Kier molecular flexibility index (Phi) is 8.01. The lowest BCUT2D eigenvalue weighted by atomic mass is 9.81. The molecule has 0 radical (unpaired) electrons. The van der Waals surface area contributed by atoms with Gasteiger partial charge in [0.2, 0.25) is 0 Å². The van der Waals surface area contributed by atoms with Gasteiger partial charge in [-0.3, -0.25) is 4.90 Å². The minimum Gasteiger partial charge on any atom is -0.478 e. The lowest BCUT2D eigenvalue weighted by molar-refractivity contribution is -0.274. The van der Waals surface area contributed by atoms with E-state index in [2.05, 4.69) is 20.7 Å². The molecule has 2 aromatic rings. The topological polar surface area (TPSA) is 152 Å². The van der Waals surface area contributed by atoms with Gasteiger partial charge in [-0.05, 0) is 33.6 Å². The quantitative estimate of drug-likeness (QED) is 0.469. The van der Waals surface area contributed by atoms with E-state index in [1.807, 2.05) is 6.07 Å². The van der Waals surface area contributed by atoms with Crippen molar-refractivity contribution in [2.45, 2.75) is 12.3 Å². The van der Waals surface area contributed by atoms with Gasteiger partial charge in [0, 0.05) is 0 Å². The van der Waals surface area contributed by atoms with Gasteiger partial charge in [-0.2, -0.15) is 5.26 Å². The number of nitrogens with zero attached hydrogens (tertiary/aromatic N) is 2. The molecule has 0 saturated carbocycles. The monoisotopic (exact) mass is 595 g/mol. The first-order chi connectivity index (χ1) is 17.9. The normalized spacial score (nSPS) is 15.6. The van der Waals surface area contributed by atoms with Crippen molar-refractivity contribution in [3.63, 3.8) is 0 Å². The van der Waals surface area contributed by atoms with Crippen molar-refractivity contribution in [3.05, 3.63) is 80.7 Å². The molecule has 0 saturated heterocycles. The number of aromatic carboxylic acids is 1. The van der Waals surface area contributed by atoms with E-state index >= 15 is 0 Å². The summed E-state index contributed by atoms with van der Waals surface area (Å²) in [5.74, 6) is -6.82. The summed E-state index contributed by atoms with van der Waals surface area (Å²) < 4.78 is 53.5. The molecule has 1 heterocycles. The summed E-state index contributed by atoms with van der Waals surface area (Å²) >= 11 is 2.86. The number of nitriles is 1. The van der Waals surface area contributed by atoms with E-state index in [0.717, 1.165) is 26.4 Å². The van der Waals surface area contributed by atoms with Crippen molar-refractivity contribution < 1.29 is 46.9 Å². The summed E-state index contributed by atoms with van der Waals surface area (Å²) in [7, 11) is 1.93. The molecular weight excluding hydrogens is 579 g/mol. The Morgan fingerprint density at radius 3 is 2.21 bits per heavy atom. The lowest BCUT2D eigenvalue weighted by Crippen LogP contribution is -2.41. The Labute approximate surface area is 221 Å². The highest BCUT2D eigenvalue weighted by molar-refractivity contribution is 9.10. The number of carboxylic acids is 1. The van der Waals surface area contributed by atoms with Crippen molar-refractivity contribution in [2.75, 3.05) is 19.1 Å². The minimum atomic E-state index is -5.28. The van der Waals surface area contributed by atoms with E-state index in [1.165, 1.54) is 12.1 Å². The highest BCUT2D eigenvalue weighted by Crippen LogP contribution is 2.48. The van der Waals surface area contributed by atoms with Crippen LogP contribution in [0.15, 0.2) is 69.6 Å². The molecule has 10 nitrogen and oxygen atoms in total. The molecule has 1 aliphatic rings. The Bertz CT molecular complexity index is 1420. The second kappa shape index (κ2) is 10.9. The van der Waals surface area contributed by atoms with E-state index < -0.39 is 68.8 Å². The first kappa shape index (κ1) is 28.1. The van der Waals surface area contributed by atoms with Crippen LogP contribution in [0.1, 0.15) is 21.8 Å². The molecule has 1 unspecified atom stereocenters. The largest absolute Gasteiger partial charge is 0.573 e. The number of methoxy groups -OCH3 is 2. The number of anilines is 1. The molecule has 0 bridgehead atoms. The highest BCUT2D eigenvalue weighted by Gasteiger charge is 2.45. The number of hydrogen-bond acceptors (Lipinski definition) is 9. The molecule has 38 heavy (non-hydrogen) atoms. The summed E-state index contributed by atoms with van der Waals surface area (Å²) in [5.41, 5.74) is 3.77. The second-order valence-electron chi connectivity index (χ2n) is 7.49. The first-order valence-corrected chi connectivity index (χ1v) is 11.1. The zero-order chi connectivity index (χ0) is 28.4. The predicted octanol–water partition coefficient (Wildman–Crippen LogP) is 3.94. The van der Waals surface area contributed by atoms with E-state index in [9.17, 15) is 37.9 Å². The maximum absolute atomic E-state index is 13.4. The fourth-order valence-corrected chi connectivity index (χ4v) is 4.38. The minimum absolute atomic E-state index is 0.320. The number of benzene rings is 2. The molecule has 14 heteroatoms. The summed E-state index contributed by atoms with van der Waals surface area (Å²) in [5, 5.41) is 19.6. The zero-order valence-electron chi connectivity index (χ0n) is 19.5. The predicted molar refractivity (Wildman–Crippen MR) is 127 cm³/mol. The summed E-state index contributed by atoms with van der Waals surface area (Å²) in [6, 6.07) is 11.3. The molecule has 0 spiro atoms. The van der Waals surface area contributed by atoms with E-state index in [1.54, 1.807) is 18.2 Å². The zero-order valence-corrected chi connectivity index (χ0v) is 21.1. The number of halogens is 4. The molecule has 1 atom stereocenters. The molecule has 0 fully saturated rings. The molecule has 2 aromatic carbocycles. The number of nitrogens with two attached hydrogens (primary N) is 1. The van der Waals surface area contributed by atoms with Crippen molar-refractivity contribution in [1.82, 2.24) is 0 Å². The van der Waals surface area contributed by atoms with Crippen LogP contribution in [0.4, 0.5) is 18.9 Å². The number of esters is 2. The first-order valence-electron chi connectivity index (χ1n) is 10.3. The summed E-state index contributed by atoms with van der Waals surface area (Å²) in [4.78, 5) is 38.5. The average Bonchev–Trinajstić information content (AvgIpc) is 2.87. The third-order valence-electron chi connectivity index (χ3n) is 5.34. The molecular formula is C24H17BrF3N3O7. The Balaban J connectivity index is 2.54. The van der Waals surface area contributed by atoms with Gasteiger partial charge in [0.15, 0.2) is 5.75 Å². The van der Waals surface area contributed by atoms with Crippen molar-refractivity contribution in [3.8, 4) is 11.8 Å². The molecule has 0 amide bonds. The van der Waals surface area contributed by atoms with Gasteiger partial charge in [0.05, 0.1) is 53.1 Å². The summed E-state index contributed by atoms with van der Waals surface area (Å²) in [6.45, 7) is 0. The maximum atomic E-state index is 13.4. The van der Waals surface area contributed by atoms with Gasteiger partial charge < -0.3 is 25.1 Å². The van der Waals surface area contributed by atoms with Crippen LogP contribution < -0.4 is 15.4 Å². The number of allylic oxidation sites excluding steroid dienone is 1. The fourth-order valence-electron chi connectivity index (χ4n) is 3.85. The number of carbonyl (C=O) groups is 3. The van der Waals surface area contributed by atoms with E-state index in [0.29, 0.717) is 10.5 Å². The molecule has 3 rings (SSSR count). The average molecular weight is 596 g/mol. The number of alkyl halides is 3. The van der Waals surface area contributed by atoms with Gasteiger partial charge in [-0.25, -0.2) is 14.4 Å². The van der Waals surface area contributed by atoms with Crippen LogP contribution in [0, 0.1) is 11.3 Å². The van der Waals surface area contributed by atoms with Crippen LogP contribution in [0.5, 0.6) is 5.75 Å². The van der Waals surface area contributed by atoms with Crippen LogP contribution >= 0.6 is 15.9 Å². The number of rotatable bonds is 6. The summed E-state index contributed by atoms with van der Waals surface area (Å²) in [6.07, 6.45) is -5.28. The molecule has 1 aliphatic heterocycles. The molecule has 198 valence electrons. The van der Waals surface area contributed by atoms with Crippen LogP contribution in [0.3, 0.4) is 0 Å².